The smallest absolute Gasteiger partial charge is 0.478 e. The Balaban J connectivity index is 1.55. The maximum absolute atomic E-state index is 15.1. The number of Topliss-reactive ketones (excluding diaryl/α,β-unsaturated/α-hetero) is 1. The van der Waals surface area contributed by atoms with E-state index < -0.39 is 65.3 Å². The Morgan fingerprint density at radius 3 is 2.66 bits per heavy atom. The van der Waals surface area contributed by atoms with Gasteiger partial charge in [-0.15, -0.1) is 6.58 Å². The summed E-state index contributed by atoms with van der Waals surface area (Å²) in [6, 6.07) is 2.80. The average molecular weight is 571 g/mol. The van der Waals surface area contributed by atoms with Crippen molar-refractivity contribution in [2.75, 3.05) is 5.32 Å². The summed E-state index contributed by atoms with van der Waals surface area (Å²) in [7, 11) is -1.48. The quantitative estimate of drug-likeness (QED) is 0.310. The van der Waals surface area contributed by atoms with Crippen LogP contribution in [0.2, 0.25) is 0 Å². The lowest BCUT2D eigenvalue weighted by Gasteiger charge is -2.63. The first-order valence-corrected chi connectivity index (χ1v) is 14.4. The number of hydrogen-bond acceptors (Lipinski definition) is 7. The predicted molar refractivity (Wildman–Crippen MR) is 149 cm³/mol. The third-order valence-corrected chi connectivity index (χ3v) is 11.4. The summed E-state index contributed by atoms with van der Waals surface area (Å²) < 4.78 is 25.8. The van der Waals surface area contributed by atoms with E-state index in [-0.39, 0.29) is 41.8 Å². The van der Waals surface area contributed by atoms with Crippen LogP contribution in [0.25, 0.3) is 0 Å². The highest BCUT2D eigenvalue weighted by Gasteiger charge is 2.69. The highest BCUT2D eigenvalue weighted by molar-refractivity contribution is 6.61. The van der Waals surface area contributed by atoms with Crippen LogP contribution in [0, 0.1) is 45.7 Å². The van der Waals surface area contributed by atoms with Crippen LogP contribution < -0.4 is 10.8 Å². The van der Waals surface area contributed by atoms with E-state index in [0.717, 1.165) is 12.8 Å². The number of carboxylic acid groups (broad SMARTS) is 1. The number of ketones is 1. The number of nitrogens with one attached hydrogen (secondary N) is 1. The first-order valence-electron chi connectivity index (χ1n) is 14.4. The minimum atomic E-state index is -1.70. The van der Waals surface area contributed by atoms with Crippen LogP contribution in [0.3, 0.4) is 0 Å². The van der Waals surface area contributed by atoms with E-state index in [9.17, 15) is 29.6 Å². The van der Waals surface area contributed by atoms with Crippen LogP contribution in [-0.2, 0) is 25.6 Å². The number of hydrogen-bond donors (Lipinski definition) is 4. The van der Waals surface area contributed by atoms with Crippen LogP contribution in [0.15, 0.2) is 24.8 Å². The van der Waals surface area contributed by atoms with Gasteiger partial charge in [0.05, 0.1) is 18.4 Å². The fraction of sp³-hybridized carbons (Fsp3) is 0.633. The van der Waals surface area contributed by atoms with E-state index in [1.807, 2.05) is 27.7 Å². The normalized spacial score (nSPS) is 38.8. The van der Waals surface area contributed by atoms with E-state index in [1.54, 1.807) is 6.08 Å². The second kappa shape index (κ2) is 10.2. The third kappa shape index (κ3) is 4.34. The lowest BCUT2D eigenvalue weighted by atomic mass is 9.41. The van der Waals surface area contributed by atoms with Crippen molar-refractivity contribution in [1.82, 2.24) is 0 Å². The SMILES string of the molecule is C=C[C@]1(C)C[C@@H](C(OC(=O)Nc2ccc3c(c2F)B(O)OC3)C(=O)O)[C@@]2(C)[C@H](C)CC[C@]3(CCC(=O)[C@H]32)[C@@H](C)[C@@H]1O. The van der Waals surface area contributed by atoms with Gasteiger partial charge in [-0.3, -0.25) is 10.1 Å². The second-order valence-electron chi connectivity index (χ2n) is 13.1. The topological polar surface area (TPSA) is 142 Å². The van der Waals surface area contributed by atoms with Gasteiger partial charge in [-0.2, -0.15) is 0 Å². The van der Waals surface area contributed by atoms with Crippen LogP contribution in [0.4, 0.5) is 14.9 Å². The molecule has 0 saturated heterocycles. The molecule has 3 saturated carbocycles. The number of halogens is 1. The van der Waals surface area contributed by atoms with Crippen molar-refractivity contribution in [3.8, 4) is 0 Å². The van der Waals surface area contributed by atoms with Crippen LogP contribution >= 0.6 is 0 Å². The number of anilines is 1. The molecule has 11 heteroatoms. The summed E-state index contributed by atoms with van der Waals surface area (Å²) in [6.45, 7) is 11.8. The minimum Gasteiger partial charge on any atom is -0.478 e. The fourth-order valence-corrected chi connectivity index (χ4v) is 8.85. The van der Waals surface area contributed by atoms with Gasteiger partial charge in [0, 0.05) is 29.1 Å². The molecule has 4 N–H and O–H groups in total. The number of aliphatic hydroxyl groups excluding tert-OH is 1. The lowest BCUT2D eigenvalue weighted by molar-refractivity contribution is -0.195. The molecule has 9 atom stereocenters. The third-order valence-electron chi connectivity index (χ3n) is 11.4. The van der Waals surface area contributed by atoms with Gasteiger partial charge in [-0.05, 0) is 60.0 Å². The van der Waals surface area contributed by atoms with Gasteiger partial charge in [0.1, 0.15) is 11.6 Å². The first-order chi connectivity index (χ1) is 19.2. The molecule has 4 aliphatic rings. The molecule has 0 spiro atoms. The van der Waals surface area contributed by atoms with Gasteiger partial charge in [0.25, 0.3) is 0 Å². The van der Waals surface area contributed by atoms with Crippen LogP contribution in [0.5, 0.6) is 0 Å². The molecule has 1 aliphatic heterocycles. The number of aliphatic hydroxyl groups is 1. The summed E-state index contributed by atoms with van der Waals surface area (Å²) >= 11 is 0. The first kappa shape index (κ1) is 29.7. The Hall–Kier alpha value is -2.76. The Morgan fingerprint density at radius 2 is 2.00 bits per heavy atom. The number of aliphatic carboxylic acids is 1. The molecule has 1 heterocycles. The van der Waals surface area contributed by atoms with Crippen molar-refractivity contribution in [2.45, 2.75) is 78.6 Å². The van der Waals surface area contributed by atoms with Gasteiger partial charge in [0.15, 0.2) is 0 Å². The van der Waals surface area contributed by atoms with Crippen LogP contribution in [-0.4, -0.2) is 52.4 Å². The molecule has 0 radical (unpaired) electrons. The van der Waals surface area contributed by atoms with Gasteiger partial charge < -0.3 is 24.6 Å². The van der Waals surface area contributed by atoms with Crippen molar-refractivity contribution >= 4 is 36.1 Å². The van der Waals surface area contributed by atoms with Gasteiger partial charge in [-0.1, -0.05) is 39.8 Å². The zero-order valence-electron chi connectivity index (χ0n) is 24.0. The summed E-state index contributed by atoms with van der Waals surface area (Å²) in [6.07, 6.45) is 0.430. The lowest BCUT2D eigenvalue weighted by Crippen LogP contribution is -2.63. The summed E-state index contributed by atoms with van der Waals surface area (Å²) in [5.41, 5.74) is -2.25. The minimum absolute atomic E-state index is 0.0194. The predicted octanol–water partition coefficient (Wildman–Crippen LogP) is 3.66. The van der Waals surface area contributed by atoms with Gasteiger partial charge >= 0.3 is 19.2 Å². The van der Waals surface area contributed by atoms with Crippen LogP contribution in [0.1, 0.15) is 65.4 Å². The Labute approximate surface area is 239 Å². The molecule has 1 amide bonds. The number of fused-ring (bicyclic) bond motifs is 1. The molecule has 0 aromatic heterocycles. The number of carbonyl (C=O) groups excluding carboxylic acids is 2. The van der Waals surface area contributed by atoms with E-state index >= 15 is 4.39 Å². The molecule has 3 aliphatic carbocycles. The van der Waals surface area contributed by atoms with Gasteiger partial charge in [-0.25, -0.2) is 14.0 Å². The van der Waals surface area contributed by atoms with Crippen molar-refractivity contribution in [3.63, 3.8) is 0 Å². The Bertz CT molecular complexity index is 1290. The highest BCUT2D eigenvalue weighted by Crippen LogP contribution is 2.69. The summed E-state index contributed by atoms with van der Waals surface area (Å²) in [4.78, 5) is 39.7. The largest absolute Gasteiger partial charge is 0.494 e. The van der Waals surface area contributed by atoms with E-state index in [2.05, 4.69) is 11.9 Å². The molecule has 1 unspecified atom stereocenters. The maximum Gasteiger partial charge on any atom is 0.494 e. The molecule has 3 fully saturated rings. The molecule has 41 heavy (non-hydrogen) atoms. The second-order valence-corrected chi connectivity index (χ2v) is 13.1. The molecule has 1 aromatic rings. The van der Waals surface area contributed by atoms with Crippen molar-refractivity contribution in [3.05, 3.63) is 36.2 Å². The number of rotatable bonds is 5. The Morgan fingerprint density at radius 1 is 1.29 bits per heavy atom. The molecule has 9 nitrogen and oxygen atoms in total. The number of benzene rings is 1. The highest BCUT2D eigenvalue weighted by atomic mass is 19.1. The van der Waals surface area contributed by atoms with Crippen molar-refractivity contribution < 1.29 is 43.4 Å². The molecule has 5 rings (SSSR count). The fourth-order valence-electron chi connectivity index (χ4n) is 8.85. The molecular weight excluding hydrogens is 532 g/mol. The summed E-state index contributed by atoms with van der Waals surface area (Å²) in [5, 5.41) is 34.5. The standard InChI is InChI=1S/C30H39BFNO8/c1-6-28(4)13-18(29(5)15(2)9-11-30(16(3)25(28)35)12-10-20(34)24(29)30)23(26(36)37)41-27(38)33-19-8-7-17-14-40-31(39)21(17)22(19)32/h6-8,15-16,18,23-25,35,39H,1,9-14H2,2-5H3,(H,33,38)(H,36,37)/t15-,16+,18+,23?,24+,25+,28-,29-,30+/m1/s1. The van der Waals surface area contributed by atoms with Crippen molar-refractivity contribution in [2.24, 2.45) is 39.9 Å². The Kier molecular flexibility index (Phi) is 7.40. The van der Waals surface area contributed by atoms with E-state index in [0.29, 0.717) is 18.4 Å². The number of amides is 1. The van der Waals surface area contributed by atoms with Gasteiger partial charge in [0.2, 0.25) is 6.10 Å². The maximum atomic E-state index is 15.1. The molecular formula is C30H39BFNO8. The number of ether oxygens (including phenoxy) is 1. The molecule has 222 valence electrons. The monoisotopic (exact) mass is 571 g/mol. The van der Waals surface area contributed by atoms with E-state index in [1.165, 1.54) is 12.1 Å². The summed E-state index contributed by atoms with van der Waals surface area (Å²) in [5.74, 6) is -3.91. The zero-order valence-corrected chi connectivity index (χ0v) is 24.0. The zero-order chi connectivity index (χ0) is 30.1. The molecule has 2 bridgehead atoms. The number of carboxylic acids is 1. The number of carbonyl (C=O) groups is 3. The average Bonchev–Trinajstić information content (AvgIpc) is 3.49. The van der Waals surface area contributed by atoms with E-state index in [4.69, 9.17) is 9.39 Å². The van der Waals surface area contributed by atoms with Crippen molar-refractivity contribution in [1.29, 1.82) is 0 Å². The molecule has 1 aromatic carbocycles.